The SMILES string of the molecule is CC(C)(C)c1ccc(Cn2c(CCCNC(=O)/C=C/c3ccccc3)nc3ccccc32)cc1. The van der Waals surface area contributed by atoms with Crippen molar-refractivity contribution < 1.29 is 4.79 Å². The fourth-order valence-electron chi connectivity index (χ4n) is 4.04. The molecule has 4 heteroatoms. The Labute approximate surface area is 202 Å². The summed E-state index contributed by atoms with van der Waals surface area (Å²) >= 11 is 0. The third kappa shape index (κ3) is 6.02. The largest absolute Gasteiger partial charge is 0.353 e. The molecule has 1 aromatic heterocycles. The first-order chi connectivity index (χ1) is 16.4. The molecule has 0 aliphatic heterocycles. The van der Waals surface area contributed by atoms with Gasteiger partial charge in [0.1, 0.15) is 5.82 Å². The zero-order chi connectivity index (χ0) is 24.0. The van der Waals surface area contributed by atoms with E-state index in [0.29, 0.717) is 6.54 Å². The Morgan fingerprint density at radius 2 is 1.65 bits per heavy atom. The monoisotopic (exact) mass is 451 g/mol. The molecule has 0 aliphatic carbocycles. The van der Waals surface area contributed by atoms with Gasteiger partial charge in [-0.15, -0.1) is 0 Å². The number of nitrogens with zero attached hydrogens (tertiary/aromatic N) is 2. The fraction of sp³-hybridized carbons (Fsp3) is 0.267. The second-order valence-electron chi connectivity index (χ2n) is 9.69. The van der Waals surface area contributed by atoms with E-state index in [1.807, 2.05) is 42.5 Å². The minimum absolute atomic E-state index is 0.0729. The number of amides is 1. The van der Waals surface area contributed by atoms with Crippen LogP contribution in [0.2, 0.25) is 0 Å². The lowest BCUT2D eigenvalue weighted by Gasteiger charge is -2.19. The summed E-state index contributed by atoms with van der Waals surface area (Å²) in [6, 6.07) is 27.0. The highest BCUT2D eigenvalue weighted by molar-refractivity contribution is 5.91. The zero-order valence-corrected chi connectivity index (χ0v) is 20.3. The van der Waals surface area contributed by atoms with Crippen LogP contribution in [0, 0.1) is 0 Å². The van der Waals surface area contributed by atoms with Gasteiger partial charge in [-0.1, -0.05) is 87.5 Å². The number of hydrogen-bond acceptors (Lipinski definition) is 2. The molecule has 4 rings (SSSR count). The van der Waals surface area contributed by atoms with E-state index in [2.05, 4.69) is 73.1 Å². The van der Waals surface area contributed by atoms with Crippen LogP contribution in [0.25, 0.3) is 17.1 Å². The average Bonchev–Trinajstić information content (AvgIpc) is 3.18. The van der Waals surface area contributed by atoms with E-state index in [-0.39, 0.29) is 11.3 Å². The summed E-state index contributed by atoms with van der Waals surface area (Å²) in [6.07, 6.45) is 5.06. The predicted octanol–water partition coefficient (Wildman–Crippen LogP) is 6.14. The molecular formula is C30H33N3O. The first kappa shape index (κ1) is 23.5. The number of imidazole rings is 1. The van der Waals surface area contributed by atoms with Crippen molar-refractivity contribution in [3.05, 3.63) is 107 Å². The van der Waals surface area contributed by atoms with Gasteiger partial charge < -0.3 is 9.88 Å². The second-order valence-corrected chi connectivity index (χ2v) is 9.69. The molecule has 0 unspecified atom stereocenters. The number of para-hydroxylation sites is 2. The van der Waals surface area contributed by atoms with Gasteiger partial charge in [-0.2, -0.15) is 0 Å². The van der Waals surface area contributed by atoms with Gasteiger partial charge in [-0.25, -0.2) is 4.98 Å². The normalized spacial score (nSPS) is 11.9. The number of carbonyl (C=O) groups excluding carboxylic acids is 1. The molecule has 174 valence electrons. The highest BCUT2D eigenvalue weighted by atomic mass is 16.1. The molecule has 3 aromatic carbocycles. The zero-order valence-electron chi connectivity index (χ0n) is 20.3. The maximum Gasteiger partial charge on any atom is 0.243 e. The van der Waals surface area contributed by atoms with Crippen molar-refractivity contribution in [2.45, 2.75) is 45.6 Å². The van der Waals surface area contributed by atoms with Crippen LogP contribution in [-0.4, -0.2) is 22.0 Å². The number of aromatic nitrogens is 2. The Bertz CT molecular complexity index is 1260. The highest BCUT2D eigenvalue weighted by Gasteiger charge is 2.14. The van der Waals surface area contributed by atoms with E-state index in [1.165, 1.54) is 11.1 Å². The van der Waals surface area contributed by atoms with Crippen molar-refractivity contribution in [3.8, 4) is 0 Å². The van der Waals surface area contributed by atoms with Gasteiger partial charge >= 0.3 is 0 Å². The Hall–Kier alpha value is -3.66. The lowest BCUT2D eigenvalue weighted by Crippen LogP contribution is -2.22. The number of hydrogen-bond donors (Lipinski definition) is 1. The Balaban J connectivity index is 1.40. The molecule has 1 amide bonds. The molecule has 34 heavy (non-hydrogen) atoms. The molecule has 0 aliphatic rings. The first-order valence-electron chi connectivity index (χ1n) is 11.9. The molecule has 1 N–H and O–H groups in total. The maximum absolute atomic E-state index is 12.2. The number of nitrogens with one attached hydrogen (secondary N) is 1. The summed E-state index contributed by atoms with van der Waals surface area (Å²) in [4.78, 5) is 17.1. The molecule has 4 nitrogen and oxygen atoms in total. The summed E-state index contributed by atoms with van der Waals surface area (Å²) in [6.45, 7) is 8.10. The Kier molecular flexibility index (Phi) is 7.27. The van der Waals surface area contributed by atoms with Crippen LogP contribution in [0.3, 0.4) is 0 Å². The minimum atomic E-state index is -0.0729. The molecule has 0 radical (unpaired) electrons. The van der Waals surface area contributed by atoms with Crippen molar-refractivity contribution in [1.82, 2.24) is 14.9 Å². The molecule has 4 aromatic rings. The number of carbonyl (C=O) groups is 1. The van der Waals surface area contributed by atoms with Crippen LogP contribution in [0.15, 0.2) is 84.9 Å². The summed E-state index contributed by atoms with van der Waals surface area (Å²) in [5, 5.41) is 2.98. The first-order valence-corrected chi connectivity index (χ1v) is 11.9. The van der Waals surface area contributed by atoms with E-state index in [1.54, 1.807) is 6.08 Å². The fourth-order valence-corrected chi connectivity index (χ4v) is 4.04. The average molecular weight is 452 g/mol. The lowest BCUT2D eigenvalue weighted by molar-refractivity contribution is -0.116. The van der Waals surface area contributed by atoms with Gasteiger partial charge in [0.25, 0.3) is 0 Å². The third-order valence-electron chi connectivity index (χ3n) is 6.00. The minimum Gasteiger partial charge on any atom is -0.353 e. The van der Waals surface area contributed by atoms with E-state index >= 15 is 0 Å². The summed E-state index contributed by atoms with van der Waals surface area (Å²) < 4.78 is 2.30. The summed E-state index contributed by atoms with van der Waals surface area (Å²) in [7, 11) is 0. The van der Waals surface area contributed by atoms with Crippen LogP contribution >= 0.6 is 0 Å². The number of aryl methyl sites for hydroxylation is 1. The quantitative estimate of drug-likeness (QED) is 0.258. The number of fused-ring (bicyclic) bond motifs is 1. The lowest BCUT2D eigenvalue weighted by atomic mass is 9.87. The molecule has 0 atom stereocenters. The van der Waals surface area contributed by atoms with Crippen molar-refractivity contribution in [1.29, 1.82) is 0 Å². The second kappa shape index (κ2) is 10.5. The van der Waals surface area contributed by atoms with Crippen LogP contribution in [0.1, 0.15) is 49.7 Å². The van der Waals surface area contributed by atoms with Crippen molar-refractivity contribution in [2.24, 2.45) is 0 Å². The predicted molar refractivity (Wildman–Crippen MR) is 141 cm³/mol. The van der Waals surface area contributed by atoms with E-state index < -0.39 is 0 Å². The Morgan fingerprint density at radius 3 is 2.38 bits per heavy atom. The van der Waals surface area contributed by atoms with Crippen LogP contribution < -0.4 is 5.32 Å². The van der Waals surface area contributed by atoms with Crippen LogP contribution in [0.5, 0.6) is 0 Å². The topological polar surface area (TPSA) is 46.9 Å². The van der Waals surface area contributed by atoms with Gasteiger partial charge in [0.2, 0.25) is 5.91 Å². The molecule has 0 saturated carbocycles. The van der Waals surface area contributed by atoms with Gasteiger partial charge in [-0.3, -0.25) is 4.79 Å². The van der Waals surface area contributed by atoms with E-state index in [0.717, 1.165) is 41.8 Å². The smallest absolute Gasteiger partial charge is 0.243 e. The van der Waals surface area contributed by atoms with Crippen molar-refractivity contribution in [2.75, 3.05) is 6.54 Å². The summed E-state index contributed by atoms with van der Waals surface area (Å²) in [5.41, 5.74) is 5.92. The van der Waals surface area contributed by atoms with Crippen molar-refractivity contribution >= 4 is 23.0 Å². The standard InChI is InChI=1S/C30H33N3O/c1-30(2,3)25-18-15-24(16-19-25)22-33-27-13-8-7-12-26(27)32-28(33)14-9-21-31-29(34)20-17-23-10-5-4-6-11-23/h4-8,10-13,15-20H,9,14,21-22H2,1-3H3,(H,31,34)/b20-17+. The van der Waals surface area contributed by atoms with Crippen LogP contribution in [0.4, 0.5) is 0 Å². The number of benzene rings is 3. The molecule has 0 spiro atoms. The van der Waals surface area contributed by atoms with E-state index in [4.69, 9.17) is 4.98 Å². The Morgan fingerprint density at radius 1 is 0.941 bits per heavy atom. The maximum atomic E-state index is 12.2. The van der Waals surface area contributed by atoms with Gasteiger partial charge in [0.05, 0.1) is 11.0 Å². The van der Waals surface area contributed by atoms with Gasteiger partial charge in [0.15, 0.2) is 0 Å². The molecular weight excluding hydrogens is 418 g/mol. The van der Waals surface area contributed by atoms with Crippen LogP contribution in [-0.2, 0) is 23.2 Å². The molecule has 0 bridgehead atoms. The van der Waals surface area contributed by atoms with Gasteiger partial charge in [0, 0.05) is 25.6 Å². The van der Waals surface area contributed by atoms with E-state index in [9.17, 15) is 4.79 Å². The van der Waals surface area contributed by atoms with Crippen molar-refractivity contribution in [3.63, 3.8) is 0 Å². The molecule has 1 heterocycles. The third-order valence-corrected chi connectivity index (χ3v) is 6.00. The molecule has 0 fully saturated rings. The number of rotatable bonds is 8. The highest BCUT2D eigenvalue weighted by Crippen LogP contribution is 2.24. The summed E-state index contributed by atoms with van der Waals surface area (Å²) in [5.74, 6) is 0.978. The molecule has 0 saturated heterocycles. The van der Waals surface area contributed by atoms with Gasteiger partial charge in [-0.05, 0) is 46.7 Å².